The van der Waals surface area contributed by atoms with Gasteiger partial charge in [-0.25, -0.2) is 4.98 Å². The highest BCUT2D eigenvalue weighted by atomic mass is 19.4. The predicted molar refractivity (Wildman–Crippen MR) is 65.6 cm³/mol. The van der Waals surface area contributed by atoms with Crippen molar-refractivity contribution in [1.29, 1.82) is 0 Å². The first kappa shape index (κ1) is 13.3. The molecule has 0 aromatic carbocycles. The molecule has 2 aromatic heterocycles. The molecular weight excluding hydrogens is 255 g/mol. The normalized spacial score (nSPS) is 11.4. The van der Waals surface area contributed by atoms with Crippen LogP contribution in [0.3, 0.4) is 0 Å². The van der Waals surface area contributed by atoms with Crippen LogP contribution in [0.2, 0.25) is 0 Å². The molecule has 2 aromatic rings. The van der Waals surface area contributed by atoms with E-state index in [1.54, 1.807) is 24.2 Å². The highest BCUT2D eigenvalue weighted by molar-refractivity contribution is 5.41. The number of hydrogen-bond acceptors (Lipinski definition) is 3. The van der Waals surface area contributed by atoms with Crippen molar-refractivity contribution in [2.75, 3.05) is 11.9 Å². The number of hydrogen-bond donors (Lipinski definition) is 0. The maximum absolute atomic E-state index is 12.6. The van der Waals surface area contributed by atoms with Gasteiger partial charge in [-0.2, -0.15) is 13.2 Å². The van der Waals surface area contributed by atoms with Gasteiger partial charge in [-0.1, -0.05) is 6.07 Å². The second-order valence-electron chi connectivity index (χ2n) is 4.08. The lowest BCUT2D eigenvalue weighted by atomic mass is 10.2. The number of nitrogens with zero attached hydrogens (tertiary/aromatic N) is 3. The summed E-state index contributed by atoms with van der Waals surface area (Å²) in [5.41, 5.74) is 0.0644. The largest absolute Gasteiger partial charge is 0.416 e. The number of halogens is 3. The van der Waals surface area contributed by atoms with Crippen LogP contribution in [0.15, 0.2) is 42.7 Å². The maximum atomic E-state index is 12.6. The van der Waals surface area contributed by atoms with Crippen molar-refractivity contribution >= 4 is 5.82 Å². The van der Waals surface area contributed by atoms with Crippen molar-refractivity contribution in [1.82, 2.24) is 9.97 Å². The monoisotopic (exact) mass is 267 g/mol. The topological polar surface area (TPSA) is 29.0 Å². The molecule has 3 nitrogen and oxygen atoms in total. The minimum Gasteiger partial charge on any atom is -0.354 e. The first-order valence-corrected chi connectivity index (χ1v) is 5.61. The Balaban J connectivity index is 2.18. The molecule has 0 saturated heterocycles. The molecule has 0 aliphatic carbocycles. The zero-order valence-corrected chi connectivity index (χ0v) is 10.2. The summed E-state index contributed by atoms with van der Waals surface area (Å²) in [4.78, 5) is 9.69. The molecule has 0 radical (unpaired) electrons. The van der Waals surface area contributed by atoms with E-state index in [9.17, 15) is 13.2 Å². The van der Waals surface area contributed by atoms with Gasteiger partial charge in [0, 0.05) is 19.4 Å². The zero-order chi connectivity index (χ0) is 13.9. The average molecular weight is 267 g/mol. The van der Waals surface area contributed by atoms with Crippen LogP contribution in [0.5, 0.6) is 0 Å². The molecule has 19 heavy (non-hydrogen) atoms. The maximum Gasteiger partial charge on any atom is 0.416 e. The van der Waals surface area contributed by atoms with Gasteiger partial charge in [0.05, 0.1) is 17.8 Å². The van der Waals surface area contributed by atoms with Crippen LogP contribution >= 0.6 is 0 Å². The SMILES string of the molecule is CN(Cc1ccccn1)c1cc(C(F)(F)F)ccn1. The second-order valence-corrected chi connectivity index (χ2v) is 4.08. The van der Waals surface area contributed by atoms with Crippen LogP contribution in [0.1, 0.15) is 11.3 Å². The van der Waals surface area contributed by atoms with Crippen molar-refractivity contribution in [3.8, 4) is 0 Å². The Morgan fingerprint density at radius 1 is 1.11 bits per heavy atom. The fraction of sp³-hybridized carbons (Fsp3) is 0.231. The van der Waals surface area contributed by atoms with Gasteiger partial charge in [0.15, 0.2) is 0 Å². The summed E-state index contributed by atoms with van der Waals surface area (Å²) in [6, 6.07) is 7.41. The molecule has 0 atom stereocenters. The van der Waals surface area contributed by atoms with Gasteiger partial charge in [0.25, 0.3) is 0 Å². The Labute approximate surface area is 108 Å². The van der Waals surface area contributed by atoms with E-state index in [2.05, 4.69) is 9.97 Å². The Hall–Kier alpha value is -2.11. The van der Waals surface area contributed by atoms with E-state index in [-0.39, 0.29) is 5.82 Å². The highest BCUT2D eigenvalue weighted by Gasteiger charge is 2.31. The summed E-state index contributed by atoms with van der Waals surface area (Å²) in [5.74, 6) is 0.264. The molecular formula is C13H12F3N3. The number of pyridine rings is 2. The molecule has 0 saturated carbocycles. The van der Waals surface area contributed by atoms with E-state index in [4.69, 9.17) is 0 Å². The van der Waals surface area contributed by atoms with Gasteiger partial charge in [-0.05, 0) is 24.3 Å². The van der Waals surface area contributed by atoms with E-state index >= 15 is 0 Å². The van der Waals surface area contributed by atoms with Crippen LogP contribution in [-0.2, 0) is 12.7 Å². The predicted octanol–water partition coefficient (Wildman–Crippen LogP) is 3.13. The highest BCUT2D eigenvalue weighted by Crippen LogP contribution is 2.30. The third-order valence-electron chi connectivity index (χ3n) is 2.59. The third-order valence-corrected chi connectivity index (χ3v) is 2.59. The first-order valence-electron chi connectivity index (χ1n) is 5.61. The van der Waals surface area contributed by atoms with E-state index in [1.165, 1.54) is 0 Å². The quantitative estimate of drug-likeness (QED) is 0.855. The molecule has 0 unspecified atom stereocenters. The lowest BCUT2D eigenvalue weighted by Gasteiger charge is -2.18. The summed E-state index contributed by atoms with van der Waals surface area (Å²) < 4.78 is 37.8. The van der Waals surface area contributed by atoms with Gasteiger partial charge in [0.1, 0.15) is 5.82 Å². The van der Waals surface area contributed by atoms with Crippen molar-refractivity contribution < 1.29 is 13.2 Å². The van der Waals surface area contributed by atoms with Gasteiger partial charge < -0.3 is 4.90 Å². The first-order chi connectivity index (χ1) is 8.97. The minimum atomic E-state index is -4.36. The molecule has 2 heterocycles. The van der Waals surface area contributed by atoms with Gasteiger partial charge in [-0.3, -0.25) is 4.98 Å². The lowest BCUT2D eigenvalue weighted by molar-refractivity contribution is -0.137. The fourth-order valence-corrected chi connectivity index (χ4v) is 1.62. The molecule has 0 amide bonds. The average Bonchev–Trinajstić information content (AvgIpc) is 2.39. The Kier molecular flexibility index (Phi) is 3.69. The summed E-state index contributed by atoms with van der Waals surface area (Å²) in [6.45, 7) is 0.398. The fourth-order valence-electron chi connectivity index (χ4n) is 1.62. The Bertz CT molecular complexity index is 540. The second kappa shape index (κ2) is 5.26. The molecule has 0 aliphatic heterocycles. The summed E-state index contributed by atoms with van der Waals surface area (Å²) in [6.07, 6.45) is -1.56. The molecule has 0 bridgehead atoms. The van der Waals surface area contributed by atoms with Crippen LogP contribution in [-0.4, -0.2) is 17.0 Å². The molecule has 6 heteroatoms. The standard InChI is InChI=1S/C13H12F3N3/c1-19(9-11-4-2-3-6-17-11)12-8-10(5-7-18-12)13(14,15)16/h2-8H,9H2,1H3. The van der Waals surface area contributed by atoms with E-state index < -0.39 is 11.7 Å². The molecule has 0 aliphatic rings. The molecule has 2 rings (SSSR count). The van der Waals surface area contributed by atoms with Crippen molar-refractivity contribution in [3.05, 3.63) is 54.0 Å². The smallest absolute Gasteiger partial charge is 0.354 e. The third kappa shape index (κ3) is 3.43. The van der Waals surface area contributed by atoms with Crippen molar-refractivity contribution in [2.45, 2.75) is 12.7 Å². The molecule has 0 N–H and O–H groups in total. The van der Waals surface area contributed by atoms with Gasteiger partial charge in [-0.15, -0.1) is 0 Å². The number of anilines is 1. The zero-order valence-electron chi connectivity index (χ0n) is 10.2. The number of rotatable bonds is 3. The molecule has 0 fully saturated rings. The van der Waals surface area contributed by atoms with E-state index in [0.717, 1.165) is 24.0 Å². The number of aromatic nitrogens is 2. The van der Waals surface area contributed by atoms with Gasteiger partial charge in [0.2, 0.25) is 0 Å². The Morgan fingerprint density at radius 2 is 1.89 bits per heavy atom. The van der Waals surface area contributed by atoms with Crippen LogP contribution in [0.25, 0.3) is 0 Å². The Morgan fingerprint density at radius 3 is 2.53 bits per heavy atom. The summed E-state index contributed by atoms with van der Waals surface area (Å²) in [5, 5.41) is 0. The van der Waals surface area contributed by atoms with E-state index in [1.807, 2.05) is 12.1 Å². The minimum absolute atomic E-state index is 0.264. The van der Waals surface area contributed by atoms with E-state index in [0.29, 0.717) is 6.54 Å². The van der Waals surface area contributed by atoms with Crippen molar-refractivity contribution in [3.63, 3.8) is 0 Å². The van der Waals surface area contributed by atoms with Crippen LogP contribution in [0.4, 0.5) is 19.0 Å². The number of alkyl halides is 3. The summed E-state index contributed by atoms with van der Waals surface area (Å²) >= 11 is 0. The molecule has 0 spiro atoms. The van der Waals surface area contributed by atoms with Crippen LogP contribution in [0, 0.1) is 0 Å². The lowest BCUT2D eigenvalue weighted by Crippen LogP contribution is -2.19. The van der Waals surface area contributed by atoms with Crippen LogP contribution < -0.4 is 4.90 Å². The van der Waals surface area contributed by atoms with Gasteiger partial charge >= 0.3 is 6.18 Å². The van der Waals surface area contributed by atoms with Crippen molar-refractivity contribution in [2.24, 2.45) is 0 Å². The summed E-state index contributed by atoms with van der Waals surface area (Å²) in [7, 11) is 1.68. The molecule has 100 valence electrons.